The molecule has 4 rings (SSSR count). The highest BCUT2D eigenvalue weighted by molar-refractivity contribution is 6.33. The average Bonchev–Trinajstić information content (AvgIpc) is 2.88. The summed E-state index contributed by atoms with van der Waals surface area (Å²) < 4.78 is 16.3. The van der Waals surface area contributed by atoms with Gasteiger partial charge in [0, 0.05) is 17.0 Å². The summed E-state index contributed by atoms with van der Waals surface area (Å²) in [5, 5.41) is 3.74. The molecule has 7 nitrogen and oxygen atoms in total. The number of rotatable bonds is 8. The number of nitrogens with zero attached hydrogens (tertiary/aromatic N) is 1. The van der Waals surface area contributed by atoms with E-state index in [0.717, 1.165) is 11.3 Å². The summed E-state index contributed by atoms with van der Waals surface area (Å²) in [5.74, 6) is 0.300. The first-order valence-electron chi connectivity index (χ1n) is 10.9. The van der Waals surface area contributed by atoms with Gasteiger partial charge in [0.1, 0.15) is 11.5 Å². The minimum absolute atomic E-state index is 0.261. The highest BCUT2D eigenvalue weighted by Crippen LogP contribution is 2.32. The normalized spacial score (nSPS) is 10.6. The van der Waals surface area contributed by atoms with E-state index in [1.165, 1.54) is 0 Å². The van der Waals surface area contributed by atoms with Crippen LogP contribution in [0.15, 0.2) is 72.8 Å². The van der Waals surface area contributed by atoms with E-state index in [0.29, 0.717) is 38.6 Å². The van der Waals surface area contributed by atoms with Gasteiger partial charge in [-0.2, -0.15) is 0 Å². The van der Waals surface area contributed by atoms with Gasteiger partial charge in [-0.25, -0.2) is 9.78 Å². The Kier molecular flexibility index (Phi) is 7.48. The number of halogens is 1. The van der Waals surface area contributed by atoms with Crippen LogP contribution in [0.2, 0.25) is 5.02 Å². The van der Waals surface area contributed by atoms with Crippen molar-refractivity contribution in [1.82, 2.24) is 4.98 Å². The molecule has 1 amide bonds. The number of nitrogens with one attached hydrogen (secondary N) is 1. The second-order valence-corrected chi connectivity index (χ2v) is 7.91. The van der Waals surface area contributed by atoms with Crippen LogP contribution < -0.4 is 14.8 Å². The van der Waals surface area contributed by atoms with Crippen LogP contribution in [0.4, 0.5) is 5.69 Å². The number of para-hydroxylation sites is 1. The third-order valence-electron chi connectivity index (χ3n) is 5.17. The van der Waals surface area contributed by atoms with Crippen LogP contribution in [-0.2, 0) is 9.53 Å². The van der Waals surface area contributed by atoms with Crippen molar-refractivity contribution in [2.24, 2.45) is 0 Å². The SMILES string of the molecule is CCOC(=O)c1ccc2nc(-c3ccc(OC)cc3)cc(OCC(=O)Nc3ccccc3Cl)c2c1. The summed E-state index contributed by atoms with van der Waals surface area (Å²) in [6, 6.07) is 21.1. The summed E-state index contributed by atoms with van der Waals surface area (Å²) in [4.78, 5) is 29.6. The Morgan fingerprint density at radius 3 is 2.49 bits per heavy atom. The number of carbonyl (C=O) groups excluding carboxylic acids is 2. The van der Waals surface area contributed by atoms with Gasteiger partial charge in [0.05, 0.1) is 41.2 Å². The van der Waals surface area contributed by atoms with E-state index in [1.807, 2.05) is 24.3 Å². The lowest BCUT2D eigenvalue weighted by Gasteiger charge is -2.13. The van der Waals surface area contributed by atoms with Crippen LogP contribution in [0.1, 0.15) is 17.3 Å². The molecule has 1 aromatic heterocycles. The molecule has 35 heavy (non-hydrogen) atoms. The van der Waals surface area contributed by atoms with Crippen LogP contribution in [0.5, 0.6) is 11.5 Å². The fourth-order valence-corrected chi connectivity index (χ4v) is 3.64. The third-order valence-corrected chi connectivity index (χ3v) is 5.50. The Bertz CT molecular complexity index is 1370. The number of amides is 1. The van der Waals surface area contributed by atoms with Crippen molar-refractivity contribution in [3.63, 3.8) is 0 Å². The largest absolute Gasteiger partial charge is 0.497 e. The number of esters is 1. The summed E-state index contributed by atoms with van der Waals surface area (Å²) in [5.41, 5.74) is 2.94. The number of aromatic nitrogens is 1. The molecule has 0 spiro atoms. The zero-order chi connectivity index (χ0) is 24.8. The van der Waals surface area contributed by atoms with Crippen molar-refractivity contribution in [2.75, 3.05) is 25.6 Å². The lowest BCUT2D eigenvalue weighted by atomic mass is 10.1. The third kappa shape index (κ3) is 5.70. The molecule has 0 aliphatic heterocycles. The maximum Gasteiger partial charge on any atom is 0.338 e. The molecular formula is C27H23ClN2O5. The summed E-state index contributed by atoms with van der Waals surface area (Å²) in [6.07, 6.45) is 0. The fourth-order valence-electron chi connectivity index (χ4n) is 3.46. The number of hydrogen-bond acceptors (Lipinski definition) is 6. The molecule has 1 heterocycles. The Morgan fingerprint density at radius 1 is 1.00 bits per heavy atom. The zero-order valence-corrected chi connectivity index (χ0v) is 20.0. The predicted octanol–water partition coefficient (Wildman–Crippen LogP) is 5.76. The van der Waals surface area contributed by atoms with E-state index >= 15 is 0 Å². The van der Waals surface area contributed by atoms with Gasteiger partial charge >= 0.3 is 5.97 Å². The minimum Gasteiger partial charge on any atom is -0.497 e. The van der Waals surface area contributed by atoms with E-state index in [4.69, 9.17) is 30.8 Å². The number of anilines is 1. The first-order valence-corrected chi connectivity index (χ1v) is 11.3. The molecule has 0 saturated carbocycles. The first-order chi connectivity index (χ1) is 17.0. The van der Waals surface area contributed by atoms with E-state index in [1.54, 1.807) is 62.6 Å². The highest BCUT2D eigenvalue weighted by Gasteiger charge is 2.15. The molecule has 1 N–H and O–H groups in total. The number of carbonyl (C=O) groups is 2. The molecule has 0 aliphatic carbocycles. The smallest absolute Gasteiger partial charge is 0.338 e. The molecule has 4 aromatic rings. The van der Waals surface area contributed by atoms with Crippen LogP contribution in [0.25, 0.3) is 22.2 Å². The van der Waals surface area contributed by atoms with E-state index in [2.05, 4.69) is 5.32 Å². The number of benzene rings is 3. The molecule has 0 fully saturated rings. The quantitative estimate of drug-likeness (QED) is 0.316. The van der Waals surface area contributed by atoms with Gasteiger partial charge in [-0.3, -0.25) is 4.79 Å². The summed E-state index contributed by atoms with van der Waals surface area (Å²) >= 11 is 6.13. The van der Waals surface area contributed by atoms with Crippen LogP contribution >= 0.6 is 11.6 Å². The molecule has 178 valence electrons. The van der Waals surface area contributed by atoms with Gasteiger partial charge in [0.15, 0.2) is 6.61 Å². The molecule has 0 saturated heterocycles. The van der Waals surface area contributed by atoms with Crippen LogP contribution in [-0.4, -0.2) is 37.2 Å². The Hall–Kier alpha value is -4.10. The van der Waals surface area contributed by atoms with Crippen molar-refractivity contribution in [3.05, 3.63) is 83.4 Å². The second-order valence-electron chi connectivity index (χ2n) is 7.50. The number of ether oxygens (including phenoxy) is 3. The van der Waals surface area contributed by atoms with E-state index in [9.17, 15) is 9.59 Å². The zero-order valence-electron chi connectivity index (χ0n) is 19.2. The topological polar surface area (TPSA) is 86.8 Å². The molecule has 0 unspecified atom stereocenters. The minimum atomic E-state index is -0.448. The van der Waals surface area contributed by atoms with Gasteiger partial charge < -0.3 is 19.5 Å². The molecule has 0 bridgehead atoms. The Labute approximate surface area is 207 Å². The van der Waals surface area contributed by atoms with Crippen molar-refractivity contribution in [3.8, 4) is 22.8 Å². The maximum atomic E-state index is 12.6. The van der Waals surface area contributed by atoms with Gasteiger partial charge in [0.2, 0.25) is 0 Å². The molecule has 3 aromatic carbocycles. The molecule has 0 atom stereocenters. The van der Waals surface area contributed by atoms with Gasteiger partial charge in [0.25, 0.3) is 5.91 Å². The van der Waals surface area contributed by atoms with Crippen molar-refractivity contribution < 1.29 is 23.8 Å². The molecular weight excluding hydrogens is 468 g/mol. The number of fused-ring (bicyclic) bond motifs is 1. The monoisotopic (exact) mass is 490 g/mol. The average molecular weight is 491 g/mol. The Balaban J connectivity index is 1.67. The lowest BCUT2D eigenvalue weighted by molar-refractivity contribution is -0.118. The Morgan fingerprint density at radius 2 is 1.77 bits per heavy atom. The van der Waals surface area contributed by atoms with Gasteiger partial charge in [-0.05, 0) is 61.5 Å². The summed E-state index contributed by atoms with van der Waals surface area (Å²) in [6.45, 7) is 1.74. The molecule has 0 aliphatic rings. The molecule has 0 radical (unpaired) electrons. The second kappa shape index (κ2) is 10.9. The maximum absolute atomic E-state index is 12.6. The fraction of sp³-hybridized carbons (Fsp3) is 0.148. The predicted molar refractivity (Wildman–Crippen MR) is 135 cm³/mol. The number of methoxy groups -OCH3 is 1. The number of pyridine rings is 1. The summed E-state index contributed by atoms with van der Waals surface area (Å²) in [7, 11) is 1.60. The van der Waals surface area contributed by atoms with E-state index < -0.39 is 5.97 Å². The van der Waals surface area contributed by atoms with Crippen molar-refractivity contribution >= 4 is 40.1 Å². The van der Waals surface area contributed by atoms with Crippen molar-refractivity contribution in [1.29, 1.82) is 0 Å². The highest BCUT2D eigenvalue weighted by atomic mass is 35.5. The number of hydrogen-bond donors (Lipinski definition) is 1. The molecule has 8 heteroatoms. The lowest BCUT2D eigenvalue weighted by Crippen LogP contribution is -2.20. The van der Waals surface area contributed by atoms with Crippen LogP contribution in [0.3, 0.4) is 0 Å². The first kappa shape index (κ1) is 24.0. The van der Waals surface area contributed by atoms with Gasteiger partial charge in [-0.15, -0.1) is 0 Å². The van der Waals surface area contributed by atoms with Gasteiger partial charge in [-0.1, -0.05) is 23.7 Å². The van der Waals surface area contributed by atoms with Crippen molar-refractivity contribution in [2.45, 2.75) is 6.92 Å². The standard InChI is InChI=1S/C27H23ClN2O5/c1-3-34-27(32)18-10-13-22-20(14-18)25(15-24(29-22)17-8-11-19(33-2)12-9-17)35-16-26(31)30-23-7-5-4-6-21(23)28/h4-15H,3,16H2,1-2H3,(H,30,31). The van der Waals surface area contributed by atoms with E-state index in [-0.39, 0.29) is 19.1 Å². The van der Waals surface area contributed by atoms with Crippen LogP contribution in [0, 0.1) is 0 Å².